The zero-order valence-electron chi connectivity index (χ0n) is 63.9. The summed E-state index contributed by atoms with van der Waals surface area (Å²) in [7, 11) is 5.94. The van der Waals surface area contributed by atoms with E-state index in [1.165, 1.54) is 244 Å². The van der Waals surface area contributed by atoms with Crippen molar-refractivity contribution in [1.29, 1.82) is 0 Å². The molecule has 96 heavy (non-hydrogen) atoms. The van der Waals surface area contributed by atoms with Gasteiger partial charge in [-0.25, -0.2) is 0 Å². The molecule has 0 aliphatic carbocycles. The lowest BCUT2D eigenvalue weighted by Crippen LogP contribution is -2.52. The van der Waals surface area contributed by atoms with Crippen LogP contribution in [-0.2, 0) is 37.9 Å². The van der Waals surface area contributed by atoms with Gasteiger partial charge in [0, 0.05) is 0 Å². The van der Waals surface area contributed by atoms with Crippen LogP contribution in [0.4, 0.5) is 17.3 Å². The van der Waals surface area contributed by atoms with Gasteiger partial charge in [0.2, 0.25) is 0 Å². The monoisotopic (exact) mass is 1400 g/mol. The molecule has 8 rings (SSSR count). The smallest absolute Gasteiger partial charge is 0.121 e. The summed E-state index contributed by atoms with van der Waals surface area (Å²) in [5.41, 5.74) is 0. The van der Waals surface area contributed by atoms with Gasteiger partial charge in [0.1, 0.15) is 134 Å². The van der Waals surface area contributed by atoms with Gasteiger partial charge in [0.05, 0.1) is 214 Å². The Labute approximate surface area is 584 Å². The normalized spacial score (nSPS) is 21.6. The molecule has 576 valence electrons. The second-order valence-electron chi connectivity index (χ2n) is 28.3. The highest BCUT2D eigenvalue weighted by Gasteiger charge is 2.29. The molecule has 0 aromatic heterocycles. The van der Waals surface area contributed by atoms with Crippen LogP contribution in [0.15, 0.2) is 0 Å². The number of halogens is 4. The summed E-state index contributed by atoms with van der Waals surface area (Å²) in [5.74, 6) is 0. The Morgan fingerprint density at radius 2 is 0.260 bits per heavy atom. The van der Waals surface area contributed by atoms with E-state index >= 15 is 0 Å². The van der Waals surface area contributed by atoms with Gasteiger partial charge in [0.15, 0.2) is 0 Å². The van der Waals surface area contributed by atoms with Crippen molar-refractivity contribution in [2.24, 2.45) is 0 Å². The molecule has 0 spiro atoms. The van der Waals surface area contributed by atoms with Crippen LogP contribution in [0.3, 0.4) is 0 Å². The fourth-order valence-corrected chi connectivity index (χ4v) is 12.4. The Balaban J connectivity index is -0.000000488. The molecular formula is C64H144B4F4N8O16. The fourth-order valence-electron chi connectivity index (χ4n) is 12.4. The van der Waals surface area contributed by atoms with Gasteiger partial charge in [0.25, 0.3) is 0 Å². The van der Waals surface area contributed by atoms with Gasteiger partial charge < -0.3 is 131 Å². The molecule has 8 aliphatic heterocycles. The molecule has 0 radical (unpaired) electrons. The molecule has 0 saturated carbocycles. The van der Waals surface area contributed by atoms with Crippen molar-refractivity contribution in [2.75, 3.05) is 319 Å². The van der Waals surface area contributed by atoms with Gasteiger partial charge in [-0.1, -0.05) is 55.4 Å². The Morgan fingerprint density at radius 3 is 0.312 bits per heavy atom. The highest BCUT2D eigenvalue weighted by atomic mass is 19.1. The van der Waals surface area contributed by atoms with Gasteiger partial charge in [-0.2, -0.15) is 0 Å². The van der Waals surface area contributed by atoms with Crippen LogP contribution in [0.2, 0.25) is 0 Å². The number of rotatable bonds is 16. The predicted molar refractivity (Wildman–Crippen MR) is 363 cm³/mol. The van der Waals surface area contributed by atoms with E-state index in [-0.39, 0.29) is 0 Å². The summed E-state index contributed by atoms with van der Waals surface area (Å²) in [5, 5.41) is 66.4. The van der Waals surface area contributed by atoms with Crippen molar-refractivity contribution >= 4 is 29.6 Å². The Bertz CT molecular complexity index is 1270. The maximum Gasteiger partial charge on any atom is 0.121 e. The number of morpholine rings is 8. The molecule has 8 saturated heterocycles. The molecule has 0 unspecified atom stereocenters. The zero-order chi connectivity index (χ0) is 73.9. The fraction of sp³-hybridized carbons (Fsp3) is 1.00. The lowest BCUT2D eigenvalue weighted by atomic mass is 10.3. The van der Waals surface area contributed by atoms with Gasteiger partial charge in [-0.05, 0) is 51.4 Å². The minimum atomic E-state index is -3.17. The molecule has 0 bridgehead atoms. The molecule has 8 heterocycles. The first-order valence-electron chi connectivity index (χ1n) is 36.2. The maximum absolute atomic E-state index is 9.89. The van der Waals surface area contributed by atoms with E-state index in [4.69, 9.17) is 78.1 Å². The van der Waals surface area contributed by atoms with E-state index in [0.717, 1.165) is 106 Å². The van der Waals surface area contributed by atoms with Crippen LogP contribution in [-0.4, -0.2) is 385 Å². The van der Waals surface area contributed by atoms with E-state index in [1.807, 2.05) is 0 Å². The number of hydrogen-bond donors (Lipinski definition) is 0. The number of nitrogens with zero attached hydrogens (tertiary/aromatic N) is 8. The lowest BCUT2D eigenvalue weighted by molar-refractivity contribution is -0.916. The molecule has 8 fully saturated rings. The summed E-state index contributed by atoms with van der Waals surface area (Å²) in [6.45, 7) is 63.0. The molecule has 32 heteroatoms. The van der Waals surface area contributed by atoms with E-state index < -0.39 is 29.6 Å². The van der Waals surface area contributed by atoms with Crippen molar-refractivity contribution in [3.8, 4) is 0 Å². The average molecular weight is 1400 g/mol. The molecule has 0 atom stereocenters. The Kier molecular flexibility index (Phi) is 64.9. The molecule has 0 aromatic rings. The van der Waals surface area contributed by atoms with Crippen LogP contribution in [0, 0.1) is 0 Å². The molecule has 0 aromatic carbocycles. The lowest BCUT2D eigenvalue weighted by Gasteiger charge is -2.37. The number of ether oxygens (including phenoxy) is 8. The first-order chi connectivity index (χ1) is 45.1. The van der Waals surface area contributed by atoms with E-state index in [2.05, 4.69) is 112 Å². The van der Waals surface area contributed by atoms with Crippen LogP contribution in [0.25, 0.3) is 0 Å². The SMILES string of the molecule is CCC[N+]1(C)CCOCC1.CCC[N+]1(C)CCOCC1.CCC[N+]1(C)CCOCC1.CCC[N+]1(C)CCOCC1.CCC[N+]1(C)CCOCC1.CCC[N+]1(C)CCOCC1.CCC[N+]1(C)CCOCC1.CCC[N+]1(C)CCOCC1.[O-]B([O-])F.[O-]B([O-])F.[O-]B([O-])F.[O-]B([O-])F. The summed E-state index contributed by atoms with van der Waals surface area (Å²) >= 11 is 0. The summed E-state index contributed by atoms with van der Waals surface area (Å²) in [4.78, 5) is 0. The number of likely N-dealkylation sites (N-methyl/N-ethyl adjacent to an activating group) is 8. The molecular weight excluding hydrogens is 1260 g/mol. The summed E-state index contributed by atoms with van der Waals surface area (Å²) in [6, 6.07) is 0. The van der Waals surface area contributed by atoms with E-state index in [1.54, 1.807) is 0 Å². The largest absolute Gasteiger partial charge is 0.867 e. The molecule has 24 nitrogen and oxygen atoms in total. The van der Waals surface area contributed by atoms with Crippen molar-refractivity contribution < 1.29 is 131 Å². The first-order valence-corrected chi connectivity index (χ1v) is 36.2. The second kappa shape index (κ2) is 61.5. The Hall–Kier alpha value is -0.980. The van der Waals surface area contributed by atoms with Crippen LogP contribution >= 0.6 is 0 Å². The third-order valence-electron chi connectivity index (χ3n) is 18.5. The zero-order valence-corrected chi connectivity index (χ0v) is 63.9. The van der Waals surface area contributed by atoms with Gasteiger partial charge in [-0.3, -0.25) is 0 Å². The molecule has 0 N–H and O–H groups in total. The third-order valence-corrected chi connectivity index (χ3v) is 18.5. The van der Waals surface area contributed by atoms with Gasteiger partial charge in [-0.15, -0.1) is 0 Å². The first kappa shape index (κ1) is 101. The Morgan fingerprint density at radius 1 is 0.198 bits per heavy atom. The maximum atomic E-state index is 9.89. The van der Waals surface area contributed by atoms with Crippen molar-refractivity contribution in [3.05, 3.63) is 0 Å². The third kappa shape index (κ3) is 63.9. The highest BCUT2D eigenvalue weighted by Crippen LogP contribution is 2.13. The highest BCUT2D eigenvalue weighted by molar-refractivity contribution is 6.27. The standard InChI is InChI=1S/8C8H18NO.4BFO2/c8*1-3-4-9(2)5-7-10-8-6-9;4*2-1(3)4/h8*3-8H2,1-2H3;;;;/q8*+1;4*-2. The second-order valence-corrected chi connectivity index (χ2v) is 28.3. The summed E-state index contributed by atoms with van der Waals surface area (Å²) in [6.07, 6.45) is 10.3. The van der Waals surface area contributed by atoms with Crippen molar-refractivity contribution in [3.63, 3.8) is 0 Å². The van der Waals surface area contributed by atoms with E-state index in [9.17, 15) is 17.3 Å². The minimum Gasteiger partial charge on any atom is -0.867 e. The van der Waals surface area contributed by atoms with Crippen LogP contribution in [0.5, 0.6) is 0 Å². The summed E-state index contributed by atoms with van der Waals surface area (Å²) < 4.78 is 91.7. The molecule has 8 aliphatic rings. The average Bonchev–Trinajstić information content (AvgIpc) is 3.66. The van der Waals surface area contributed by atoms with Crippen molar-refractivity contribution in [1.82, 2.24) is 0 Å². The van der Waals surface area contributed by atoms with Crippen LogP contribution in [0.1, 0.15) is 107 Å². The van der Waals surface area contributed by atoms with Gasteiger partial charge >= 0.3 is 0 Å². The van der Waals surface area contributed by atoms with Crippen LogP contribution < -0.4 is 40.2 Å². The number of quaternary nitrogens is 8. The topological polar surface area (TPSA) is 258 Å². The molecule has 0 amide bonds. The van der Waals surface area contributed by atoms with Crippen molar-refractivity contribution in [2.45, 2.75) is 107 Å². The minimum absolute atomic E-state index is 0.955. The van der Waals surface area contributed by atoms with E-state index in [0.29, 0.717) is 0 Å². The predicted octanol–water partition coefficient (Wildman–Crippen LogP) is -2.37. The number of hydrogen-bond acceptors (Lipinski definition) is 16. The quantitative estimate of drug-likeness (QED) is 0.0889.